The van der Waals surface area contributed by atoms with Crippen LogP contribution in [0.25, 0.3) is 27.5 Å². The highest BCUT2D eigenvalue weighted by molar-refractivity contribution is 6.32. The second kappa shape index (κ2) is 8.23. The van der Waals surface area contributed by atoms with Crippen molar-refractivity contribution in [2.75, 3.05) is 13.7 Å². The Morgan fingerprint density at radius 3 is 2.70 bits per heavy atom. The average molecular weight is 465 g/mol. The van der Waals surface area contributed by atoms with Gasteiger partial charge in [0.15, 0.2) is 5.69 Å². The molecule has 2 aromatic carbocycles. The summed E-state index contributed by atoms with van der Waals surface area (Å²) in [6.45, 7) is 2.75. The van der Waals surface area contributed by atoms with Crippen LogP contribution in [0.2, 0.25) is 5.02 Å². The van der Waals surface area contributed by atoms with Gasteiger partial charge in [-0.1, -0.05) is 29.8 Å². The Hall–Kier alpha value is -3.32. The first-order valence-electron chi connectivity index (χ1n) is 11.1. The highest BCUT2D eigenvalue weighted by Gasteiger charge is 2.30. The minimum atomic E-state index is -0.312. The van der Waals surface area contributed by atoms with E-state index in [4.69, 9.17) is 16.3 Å². The molecular formula is C25H25ClN4O3. The van der Waals surface area contributed by atoms with E-state index in [1.807, 2.05) is 40.8 Å². The number of ether oxygens (including phenoxy) is 1. The Morgan fingerprint density at radius 2 is 1.97 bits per heavy atom. The first kappa shape index (κ1) is 21.5. The predicted octanol–water partition coefficient (Wildman–Crippen LogP) is 4.55. The molecule has 7 nitrogen and oxygen atoms in total. The van der Waals surface area contributed by atoms with Gasteiger partial charge < -0.3 is 14.2 Å². The van der Waals surface area contributed by atoms with Crippen LogP contribution in [-0.2, 0) is 7.05 Å². The maximum Gasteiger partial charge on any atom is 0.296 e. The monoisotopic (exact) mass is 464 g/mol. The van der Waals surface area contributed by atoms with Gasteiger partial charge in [-0.25, -0.2) is 0 Å². The van der Waals surface area contributed by atoms with Crippen molar-refractivity contribution in [1.82, 2.24) is 19.2 Å². The number of benzene rings is 2. The number of carbonyl (C=O) groups excluding carboxylic acids is 1. The van der Waals surface area contributed by atoms with Crippen LogP contribution >= 0.6 is 11.6 Å². The largest absolute Gasteiger partial charge is 0.495 e. The molecule has 1 saturated heterocycles. The number of methoxy groups -OCH3 is 1. The maximum atomic E-state index is 13.8. The standard InChI is InChI=1S/C25H25ClN4O3/c1-15-8-6-7-13-29(15)24(31)22-21-17-9-4-5-10-19(17)28(2)23(21)25(32)30(27-22)16-11-12-20(33-3)18(26)14-16/h4-5,9-12,14-15H,6-8,13H2,1-3H3/t15-/m1/s1. The molecule has 0 spiro atoms. The van der Waals surface area contributed by atoms with Gasteiger partial charge in [-0.15, -0.1) is 0 Å². The average Bonchev–Trinajstić information content (AvgIpc) is 3.12. The predicted molar refractivity (Wildman–Crippen MR) is 130 cm³/mol. The van der Waals surface area contributed by atoms with E-state index in [-0.39, 0.29) is 23.2 Å². The molecule has 0 saturated carbocycles. The van der Waals surface area contributed by atoms with Gasteiger partial charge in [0.25, 0.3) is 11.5 Å². The Morgan fingerprint density at radius 1 is 1.18 bits per heavy atom. The summed E-state index contributed by atoms with van der Waals surface area (Å²) in [6.07, 6.45) is 3.02. The minimum Gasteiger partial charge on any atom is -0.495 e. The van der Waals surface area contributed by atoms with Crippen molar-refractivity contribution in [1.29, 1.82) is 0 Å². The molecule has 1 fully saturated rings. The molecule has 0 N–H and O–H groups in total. The molecule has 1 aliphatic heterocycles. The molecule has 170 valence electrons. The molecule has 2 aromatic heterocycles. The van der Waals surface area contributed by atoms with Gasteiger partial charge in [-0.3, -0.25) is 9.59 Å². The lowest BCUT2D eigenvalue weighted by atomic mass is 10.0. The number of aromatic nitrogens is 3. The van der Waals surface area contributed by atoms with Crippen molar-refractivity contribution in [2.24, 2.45) is 7.05 Å². The van der Waals surface area contributed by atoms with Gasteiger partial charge in [-0.2, -0.15) is 9.78 Å². The van der Waals surface area contributed by atoms with Crippen molar-refractivity contribution in [3.8, 4) is 11.4 Å². The summed E-state index contributed by atoms with van der Waals surface area (Å²) in [6, 6.07) is 12.9. The number of likely N-dealkylation sites (tertiary alicyclic amines) is 1. The number of hydrogen-bond donors (Lipinski definition) is 0. The molecular weight excluding hydrogens is 440 g/mol. The first-order valence-corrected chi connectivity index (χ1v) is 11.5. The number of halogens is 1. The SMILES string of the molecule is COc1ccc(-n2nc(C(=O)N3CCCC[C@H]3C)c3c4ccccc4n(C)c3c2=O)cc1Cl. The third kappa shape index (κ3) is 3.38. The molecule has 4 aromatic rings. The summed E-state index contributed by atoms with van der Waals surface area (Å²) in [5.74, 6) is 0.342. The van der Waals surface area contributed by atoms with E-state index in [1.54, 1.807) is 18.2 Å². The fraction of sp³-hybridized carbons (Fsp3) is 0.320. The van der Waals surface area contributed by atoms with E-state index in [0.29, 0.717) is 33.9 Å². The maximum absolute atomic E-state index is 13.8. The van der Waals surface area contributed by atoms with Crippen molar-refractivity contribution in [2.45, 2.75) is 32.2 Å². The second-order valence-corrected chi connectivity index (χ2v) is 8.93. The van der Waals surface area contributed by atoms with E-state index in [9.17, 15) is 9.59 Å². The number of piperidine rings is 1. The van der Waals surface area contributed by atoms with E-state index < -0.39 is 0 Å². The third-order valence-corrected chi connectivity index (χ3v) is 6.88. The molecule has 1 atom stereocenters. The molecule has 3 heterocycles. The Balaban J connectivity index is 1.83. The fourth-order valence-corrected chi connectivity index (χ4v) is 5.08. The molecule has 0 aliphatic carbocycles. The van der Waals surface area contributed by atoms with Gasteiger partial charge in [0, 0.05) is 35.9 Å². The Kier molecular flexibility index (Phi) is 5.37. The lowest BCUT2D eigenvalue weighted by molar-refractivity contribution is 0.0630. The van der Waals surface area contributed by atoms with E-state index >= 15 is 0 Å². The van der Waals surface area contributed by atoms with Crippen molar-refractivity contribution < 1.29 is 9.53 Å². The Labute approximate surface area is 196 Å². The van der Waals surface area contributed by atoms with Crippen molar-refractivity contribution >= 4 is 39.3 Å². The summed E-state index contributed by atoms with van der Waals surface area (Å²) in [4.78, 5) is 29.4. The van der Waals surface area contributed by atoms with Gasteiger partial charge in [0.1, 0.15) is 11.3 Å². The third-order valence-electron chi connectivity index (χ3n) is 6.59. The van der Waals surface area contributed by atoms with Gasteiger partial charge >= 0.3 is 0 Å². The number of fused-ring (bicyclic) bond motifs is 3. The van der Waals surface area contributed by atoms with Crippen LogP contribution in [0.4, 0.5) is 0 Å². The van der Waals surface area contributed by atoms with E-state index in [1.165, 1.54) is 11.8 Å². The van der Waals surface area contributed by atoms with E-state index in [0.717, 1.165) is 30.2 Å². The molecule has 0 bridgehead atoms. The molecule has 8 heteroatoms. The summed E-state index contributed by atoms with van der Waals surface area (Å²) < 4.78 is 8.36. The second-order valence-electron chi connectivity index (χ2n) is 8.53. The fourth-order valence-electron chi connectivity index (χ4n) is 4.83. The number of para-hydroxylation sites is 1. The quantitative estimate of drug-likeness (QED) is 0.446. The van der Waals surface area contributed by atoms with Crippen LogP contribution in [0.1, 0.15) is 36.7 Å². The first-order chi connectivity index (χ1) is 15.9. The van der Waals surface area contributed by atoms with Crippen LogP contribution < -0.4 is 10.3 Å². The summed E-state index contributed by atoms with van der Waals surface area (Å²) in [5, 5.41) is 6.43. The van der Waals surface area contributed by atoms with E-state index in [2.05, 4.69) is 12.0 Å². The zero-order chi connectivity index (χ0) is 23.3. The summed E-state index contributed by atoms with van der Waals surface area (Å²) in [5.41, 5.74) is 1.75. The lowest BCUT2D eigenvalue weighted by Gasteiger charge is -2.33. The highest BCUT2D eigenvalue weighted by atomic mass is 35.5. The number of rotatable bonds is 3. The normalized spacial score (nSPS) is 16.5. The van der Waals surface area contributed by atoms with Gasteiger partial charge in [0.05, 0.1) is 17.8 Å². The number of aryl methyl sites for hydroxylation is 1. The van der Waals surface area contributed by atoms with Crippen molar-refractivity contribution in [3.05, 3.63) is 63.5 Å². The van der Waals surface area contributed by atoms with Crippen LogP contribution in [0.15, 0.2) is 47.3 Å². The lowest BCUT2D eigenvalue weighted by Crippen LogP contribution is -2.43. The highest BCUT2D eigenvalue weighted by Crippen LogP contribution is 2.31. The summed E-state index contributed by atoms with van der Waals surface area (Å²) >= 11 is 6.34. The zero-order valence-electron chi connectivity index (χ0n) is 18.8. The topological polar surface area (TPSA) is 69.4 Å². The molecule has 1 amide bonds. The number of nitrogens with zero attached hydrogens (tertiary/aromatic N) is 4. The van der Waals surface area contributed by atoms with Crippen LogP contribution in [-0.4, -0.2) is 44.9 Å². The van der Waals surface area contributed by atoms with Crippen molar-refractivity contribution in [3.63, 3.8) is 0 Å². The van der Waals surface area contributed by atoms with Crippen LogP contribution in [0.5, 0.6) is 5.75 Å². The Bertz CT molecular complexity index is 1460. The molecule has 33 heavy (non-hydrogen) atoms. The zero-order valence-corrected chi connectivity index (χ0v) is 19.6. The smallest absolute Gasteiger partial charge is 0.296 e. The number of amides is 1. The number of carbonyl (C=O) groups is 1. The molecule has 0 unspecified atom stereocenters. The van der Waals surface area contributed by atoms with Crippen LogP contribution in [0.3, 0.4) is 0 Å². The van der Waals surface area contributed by atoms with Gasteiger partial charge in [0.2, 0.25) is 0 Å². The molecule has 0 radical (unpaired) electrons. The summed E-state index contributed by atoms with van der Waals surface area (Å²) in [7, 11) is 3.37. The molecule has 5 rings (SSSR count). The molecule has 1 aliphatic rings. The minimum absolute atomic E-state index is 0.119. The van der Waals surface area contributed by atoms with Crippen LogP contribution in [0, 0.1) is 0 Å². The number of hydrogen-bond acceptors (Lipinski definition) is 4. The van der Waals surface area contributed by atoms with Gasteiger partial charge in [-0.05, 0) is 50.5 Å².